The molecule has 3 heteroatoms. The number of nitrogens with one attached hydrogen (secondary N) is 1. The van der Waals surface area contributed by atoms with Gasteiger partial charge in [0, 0.05) is 0 Å². The molecule has 0 aliphatic carbocycles. The smallest absolute Gasteiger partial charge is 0.0588 e. The van der Waals surface area contributed by atoms with Gasteiger partial charge in [-0.1, -0.05) is 0 Å². The van der Waals surface area contributed by atoms with E-state index in [-0.39, 0.29) is 0 Å². The zero-order chi connectivity index (χ0) is 5.11. The minimum atomic E-state index is 1.03. The summed E-state index contributed by atoms with van der Waals surface area (Å²) < 4.78 is 0. The monoisotopic (exact) mass is 114 g/mol. The van der Waals surface area contributed by atoms with Crippen LogP contribution < -0.4 is 4.83 Å². The molecule has 38 valence electrons. The van der Waals surface area contributed by atoms with Gasteiger partial charge in [0.15, 0.2) is 0 Å². The van der Waals surface area contributed by atoms with Crippen LogP contribution in [0, 0.1) is 0 Å². The van der Waals surface area contributed by atoms with E-state index in [1.165, 1.54) is 11.9 Å². The molecule has 0 radical (unpaired) electrons. The van der Waals surface area contributed by atoms with E-state index in [9.17, 15) is 0 Å². The van der Waals surface area contributed by atoms with Crippen molar-refractivity contribution in [3.63, 3.8) is 0 Å². The van der Waals surface area contributed by atoms with E-state index in [1.807, 2.05) is 18.4 Å². The number of rotatable bonds is 0. The zero-order valence-corrected chi connectivity index (χ0v) is 4.83. The molecule has 0 unspecified atom stereocenters. The Morgan fingerprint density at radius 1 is 1.86 bits per heavy atom. The van der Waals surface area contributed by atoms with E-state index in [0.29, 0.717) is 0 Å². The molecule has 1 aliphatic heterocycles. The average Bonchev–Trinajstić information content (AvgIpc) is 1.69. The lowest BCUT2D eigenvalue weighted by Gasteiger charge is -1.98. The van der Waals surface area contributed by atoms with Crippen LogP contribution in [0.25, 0.3) is 0 Å². The van der Waals surface area contributed by atoms with Gasteiger partial charge in [0.1, 0.15) is 0 Å². The van der Waals surface area contributed by atoms with Gasteiger partial charge < -0.3 is 0 Å². The Bertz CT molecular complexity index is 117. The first-order chi connectivity index (χ1) is 3.39. The van der Waals surface area contributed by atoms with Gasteiger partial charge in [0.25, 0.3) is 0 Å². The Hall–Kier alpha value is -0.440. The van der Waals surface area contributed by atoms with Crippen LogP contribution in [0.1, 0.15) is 6.92 Å². The third kappa shape index (κ3) is 1.23. The van der Waals surface area contributed by atoms with E-state index >= 15 is 0 Å². The lowest BCUT2D eigenvalue weighted by molar-refractivity contribution is 1.11. The Kier molecular flexibility index (Phi) is 1.36. The van der Waals surface area contributed by atoms with E-state index in [0.717, 1.165) is 5.71 Å². The highest BCUT2D eigenvalue weighted by atomic mass is 32.2. The SMILES string of the molecule is CC1=NNSC=C1. The van der Waals surface area contributed by atoms with Crippen molar-refractivity contribution in [1.82, 2.24) is 4.83 Å². The molecule has 0 amide bonds. The summed E-state index contributed by atoms with van der Waals surface area (Å²) in [4.78, 5) is 2.75. The molecule has 2 nitrogen and oxygen atoms in total. The minimum absolute atomic E-state index is 1.03. The van der Waals surface area contributed by atoms with Crippen LogP contribution in [0.15, 0.2) is 16.6 Å². The first-order valence-electron chi connectivity index (χ1n) is 2.01. The number of allylic oxidation sites excluding steroid dienone is 1. The molecule has 1 N–H and O–H groups in total. The van der Waals surface area contributed by atoms with Crippen LogP contribution in [0.3, 0.4) is 0 Å². The van der Waals surface area contributed by atoms with E-state index in [2.05, 4.69) is 9.93 Å². The topological polar surface area (TPSA) is 24.4 Å². The van der Waals surface area contributed by atoms with Crippen LogP contribution >= 0.6 is 11.9 Å². The van der Waals surface area contributed by atoms with Crippen LogP contribution in [0.4, 0.5) is 0 Å². The maximum atomic E-state index is 3.87. The fraction of sp³-hybridized carbons (Fsp3) is 0.250. The van der Waals surface area contributed by atoms with E-state index < -0.39 is 0 Å². The highest BCUT2D eigenvalue weighted by Crippen LogP contribution is 2.00. The largest absolute Gasteiger partial charge is 0.247 e. The van der Waals surface area contributed by atoms with Gasteiger partial charge in [-0.05, 0) is 30.4 Å². The second-order valence-corrected chi connectivity index (χ2v) is 1.96. The average molecular weight is 114 g/mol. The maximum Gasteiger partial charge on any atom is 0.0588 e. The summed E-state index contributed by atoms with van der Waals surface area (Å²) in [7, 11) is 0. The highest BCUT2D eigenvalue weighted by Gasteiger charge is 1.86. The van der Waals surface area contributed by atoms with Crippen molar-refractivity contribution in [1.29, 1.82) is 0 Å². The van der Waals surface area contributed by atoms with Crippen LogP contribution in [0.2, 0.25) is 0 Å². The molecule has 0 bridgehead atoms. The predicted molar refractivity (Wildman–Crippen MR) is 33.0 cm³/mol. The van der Waals surface area contributed by atoms with Crippen molar-refractivity contribution < 1.29 is 0 Å². The number of hydrazone groups is 1. The number of nitrogens with zero attached hydrogens (tertiary/aromatic N) is 1. The molecule has 0 aromatic heterocycles. The molecule has 1 aliphatic rings. The molecular weight excluding hydrogens is 108 g/mol. The van der Waals surface area contributed by atoms with E-state index in [4.69, 9.17) is 0 Å². The van der Waals surface area contributed by atoms with Crippen LogP contribution in [-0.2, 0) is 0 Å². The van der Waals surface area contributed by atoms with Crippen molar-refractivity contribution >= 4 is 17.7 Å². The Balaban J connectivity index is 2.58. The third-order valence-corrected chi connectivity index (χ3v) is 1.12. The van der Waals surface area contributed by atoms with Gasteiger partial charge in [-0.25, -0.2) is 4.83 Å². The van der Waals surface area contributed by atoms with Gasteiger partial charge in [-0.3, -0.25) is 0 Å². The summed E-state index contributed by atoms with van der Waals surface area (Å²) in [6.45, 7) is 1.95. The maximum absolute atomic E-state index is 3.87. The summed E-state index contributed by atoms with van der Waals surface area (Å²) in [6, 6.07) is 0. The first-order valence-corrected chi connectivity index (χ1v) is 2.89. The lowest BCUT2D eigenvalue weighted by Crippen LogP contribution is -1.99. The summed E-state index contributed by atoms with van der Waals surface area (Å²) in [5, 5.41) is 5.83. The van der Waals surface area contributed by atoms with Crippen molar-refractivity contribution in [2.75, 3.05) is 0 Å². The van der Waals surface area contributed by atoms with Gasteiger partial charge in [0.05, 0.1) is 5.71 Å². The molecule has 0 saturated carbocycles. The Morgan fingerprint density at radius 2 is 2.71 bits per heavy atom. The van der Waals surface area contributed by atoms with Gasteiger partial charge >= 0.3 is 0 Å². The first kappa shape index (κ1) is 4.71. The summed E-state index contributed by atoms with van der Waals surface area (Å²) in [5.41, 5.74) is 1.03. The normalized spacial score (nSPS) is 18.1. The second-order valence-electron chi connectivity index (χ2n) is 1.27. The number of hydrogen-bond acceptors (Lipinski definition) is 3. The lowest BCUT2D eigenvalue weighted by atomic mass is 10.4. The van der Waals surface area contributed by atoms with Crippen molar-refractivity contribution in [2.24, 2.45) is 5.10 Å². The standard InChI is InChI=1S/C4H6N2S/c1-4-2-3-7-6-5-4/h2-3,6H,1H3. The van der Waals surface area contributed by atoms with Gasteiger partial charge in [-0.15, -0.1) is 0 Å². The molecule has 0 spiro atoms. The van der Waals surface area contributed by atoms with Gasteiger partial charge in [0.2, 0.25) is 0 Å². The molecule has 7 heavy (non-hydrogen) atoms. The Labute approximate surface area is 46.8 Å². The molecule has 1 heterocycles. The van der Waals surface area contributed by atoms with Crippen molar-refractivity contribution in [3.8, 4) is 0 Å². The van der Waals surface area contributed by atoms with Gasteiger partial charge in [-0.2, -0.15) is 5.10 Å². The van der Waals surface area contributed by atoms with Crippen LogP contribution in [0.5, 0.6) is 0 Å². The quantitative estimate of drug-likeness (QED) is 0.477. The fourth-order valence-electron chi connectivity index (χ4n) is 0.299. The Morgan fingerprint density at radius 3 is 3.00 bits per heavy atom. The summed E-state index contributed by atoms with van der Waals surface area (Å²) >= 11 is 1.48. The summed E-state index contributed by atoms with van der Waals surface area (Å²) in [5.74, 6) is 0. The molecule has 0 atom stereocenters. The van der Waals surface area contributed by atoms with Crippen molar-refractivity contribution in [3.05, 3.63) is 11.5 Å². The summed E-state index contributed by atoms with van der Waals surface area (Å²) in [6.07, 6.45) is 1.96. The second kappa shape index (κ2) is 2.02. The third-order valence-electron chi connectivity index (χ3n) is 0.652. The molecule has 0 saturated heterocycles. The molecule has 0 aromatic carbocycles. The minimum Gasteiger partial charge on any atom is -0.247 e. The fourth-order valence-corrected chi connectivity index (χ4v) is 0.821. The highest BCUT2D eigenvalue weighted by molar-refractivity contribution is 8.00. The molecule has 0 aromatic rings. The molecule has 0 fully saturated rings. The molecule has 1 rings (SSSR count). The zero-order valence-electron chi connectivity index (χ0n) is 4.01. The van der Waals surface area contributed by atoms with E-state index in [1.54, 1.807) is 0 Å². The molecular formula is C4H6N2S. The van der Waals surface area contributed by atoms with Crippen LogP contribution in [-0.4, -0.2) is 5.71 Å². The van der Waals surface area contributed by atoms with Crippen molar-refractivity contribution in [2.45, 2.75) is 6.92 Å². The predicted octanol–water partition coefficient (Wildman–Crippen LogP) is 1.13. The number of hydrogen-bond donors (Lipinski definition) is 1.